The van der Waals surface area contributed by atoms with Crippen LogP contribution < -0.4 is 0 Å². The quantitative estimate of drug-likeness (QED) is 0.872. The summed E-state index contributed by atoms with van der Waals surface area (Å²) in [5.41, 5.74) is 1.23. The number of hydrogen-bond acceptors (Lipinski definition) is 5. The van der Waals surface area contributed by atoms with Crippen molar-refractivity contribution in [2.75, 3.05) is 19.7 Å². The summed E-state index contributed by atoms with van der Waals surface area (Å²) in [6.45, 7) is 8.18. The summed E-state index contributed by atoms with van der Waals surface area (Å²) < 4.78 is 24.6. The maximum Gasteiger partial charge on any atom is 0.244 e. The zero-order chi connectivity index (χ0) is 15.7. The number of morpholine rings is 1. The van der Waals surface area contributed by atoms with E-state index in [0.717, 1.165) is 13.1 Å². The number of hydrogen-bond donors (Lipinski definition) is 0. The van der Waals surface area contributed by atoms with Gasteiger partial charge in [-0.15, -0.1) is 0 Å². The van der Waals surface area contributed by atoms with Crippen LogP contribution in [0, 0.1) is 12.7 Å². The van der Waals surface area contributed by atoms with Gasteiger partial charge in [-0.25, -0.2) is 4.39 Å². The Kier molecular flexibility index (Phi) is 4.22. The Morgan fingerprint density at radius 1 is 1.41 bits per heavy atom. The maximum absolute atomic E-state index is 13.7. The Bertz CT molecular complexity index is 659. The summed E-state index contributed by atoms with van der Waals surface area (Å²) in [5.74, 6) is 0.700. The van der Waals surface area contributed by atoms with Gasteiger partial charge in [-0.1, -0.05) is 17.3 Å². The van der Waals surface area contributed by atoms with Crippen molar-refractivity contribution in [3.8, 4) is 11.4 Å². The molecule has 5 nitrogen and oxygen atoms in total. The Morgan fingerprint density at radius 2 is 2.23 bits per heavy atom. The van der Waals surface area contributed by atoms with E-state index < -0.39 is 0 Å². The third-order valence-electron chi connectivity index (χ3n) is 4.05. The number of aryl methyl sites for hydroxylation is 1. The molecule has 22 heavy (non-hydrogen) atoms. The second kappa shape index (κ2) is 6.14. The molecule has 118 valence electrons. The van der Waals surface area contributed by atoms with E-state index >= 15 is 0 Å². The Balaban J connectivity index is 1.79. The van der Waals surface area contributed by atoms with Crippen LogP contribution in [0.4, 0.5) is 4.39 Å². The van der Waals surface area contributed by atoms with Gasteiger partial charge in [0.1, 0.15) is 5.82 Å². The number of halogens is 1. The van der Waals surface area contributed by atoms with E-state index in [1.807, 2.05) is 13.8 Å². The fraction of sp³-hybridized carbons (Fsp3) is 0.500. The highest BCUT2D eigenvalue weighted by Crippen LogP contribution is 2.25. The topological polar surface area (TPSA) is 51.4 Å². The van der Waals surface area contributed by atoms with Crippen molar-refractivity contribution in [3.05, 3.63) is 35.5 Å². The zero-order valence-corrected chi connectivity index (χ0v) is 13.0. The van der Waals surface area contributed by atoms with E-state index in [9.17, 15) is 4.39 Å². The minimum atomic E-state index is -0.265. The smallest absolute Gasteiger partial charge is 0.244 e. The molecule has 6 heteroatoms. The summed E-state index contributed by atoms with van der Waals surface area (Å²) in [7, 11) is 0. The van der Waals surface area contributed by atoms with Crippen molar-refractivity contribution in [1.29, 1.82) is 0 Å². The van der Waals surface area contributed by atoms with Crippen LogP contribution in [0.25, 0.3) is 11.4 Å². The first kappa shape index (κ1) is 15.1. The van der Waals surface area contributed by atoms with Gasteiger partial charge >= 0.3 is 0 Å². The van der Waals surface area contributed by atoms with Gasteiger partial charge in [0.25, 0.3) is 0 Å². The number of rotatable bonds is 3. The lowest BCUT2D eigenvalue weighted by molar-refractivity contribution is -0.0361. The molecule has 0 aliphatic carbocycles. The van der Waals surface area contributed by atoms with Crippen LogP contribution in [0.5, 0.6) is 0 Å². The maximum atomic E-state index is 13.7. The third-order valence-corrected chi connectivity index (χ3v) is 4.05. The van der Waals surface area contributed by atoms with Crippen LogP contribution in [-0.4, -0.2) is 40.8 Å². The van der Waals surface area contributed by atoms with Crippen LogP contribution in [0.1, 0.15) is 31.3 Å². The van der Waals surface area contributed by atoms with Gasteiger partial charge in [-0.2, -0.15) is 4.98 Å². The molecule has 0 unspecified atom stereocenters. The molecule has 0 spiro atoms. The fourth-order valence-corrected chi connectivity index (χ4v) is 2.61. The minimum Gasteiger partial charge on any atom is -0.376 e. The summed E-state index contributed by atoms with van der Waals surface area (Å²) in [4.78, 5) is 6.68. The number of benzene rings is 1. The van der Waals surface area contributed by atoms with Crippen LogP contribution >= 0.6 is 0 Å². The second-order valence-corrected chi connectivity index (χ2v) is 5.77. The molecule has 2 aromatic rings. The monoisotopic (exact) mass is 305 g/mol. The molecule has 0 saturated carbocycles. The predicted octanol–water partition coefficient (Wildman–Crippen LogP) is 2.97. The van der Waals surface area contributed by atoms with E-state index in [0.29, 0.717) is 29.4 Å². The Hall–Kier alpha value is -1.79. The van der Waals surface area contributed by atoms with Gasteiger partial charge in [-0.3, -0.25) is 4.90 Å². The summed E-state index contributed by atoms with van der Waals surface area (Å²) in [6.07, 6.45) is 0.199. The Morgan fingerprint density at radius 3 is 2.95 bits per heavy atom. The van der Waals surface area contributed by atoms with Crippen LogP contribution in [0.2, 0.25) is 0 Å². The lowest BCUT2D eigenvalue weighted by Crippen LogP contribution is -2.42. The molecule has 0 amide bonds. The Labute approximate surface area is 129 Å². The lowest BCUT2D eigenvalue weighted by Gasteiger charge is -2.33. The molecular weight excluding hydrogens is 285 g/mol. The lowest BCUT2D eigenvalue weighted by atomic mass is 10.1. The van der Waals surface area contributed by atoms with Gasteiger partial charge in [0.05, 0.1) is 18.8 Å². The van der Waals surface area contributed by atoms with Crippen molar-refractivity contribution in [2.45, 2.75) is 32.9 Å². The average molecular weight is 305 g/mol. The summed E-state index contributed by atoms with van der Waals surface area (Å²) in [5, 5.41) is 3.98. The molecule has 1 aliphatic rings. The molecule has 1 fully saturated rings. The van der Waals surface area contributed by atoms with Gasteiger partial charge in [0, 0.05) is 18.7 Å². The van der Waals surface area contributed by atoms with Crippen LogP contribution in [-0.2, 0) is 4.74 Å². The van der Waals surface area contributed by atoms with E-state index in [4.69, 9.17) is 9.26 Å². The van der Waals surface area contributed by atoms with E-state index in [1.54, 1.807) is 19.1 Å². The summed E-state index contributed by atoms with van der Waals surface area (Å²) >= 11 is 0. The van der Waals surface area contributed by atoms with Gasteiger partial charge < -0.3 is 9.26 Å². The largest absolute Gasteiger partial charge is 0.376 e. The molecule has 0 bridgehead atoms. The SMILES string of the molecule is Cc1ccc(-c2noc([C@H](C)N3CCO[C@@H](C)C3)n2)cc1F. The van der Waals surface area contributed by atoms with Crippen molar-refractivity contribution in [1.82, 2.24) is 15.0 Å². The number of ether oxygens (including phenoxy) is 1. The molecule has 1 aromatic carbocycles. The third kappa shape index (κ3) is 3.03. The van der Waals surface area contributed by atoms with E-state index in [-0.39, 0.29) is 18.0 Å². The van der Waals surface area contributed by atoms with Crippen LogP contribution in [0.15, 0.2) is 22.7 Å². The average Bonchev–Trinajstić information content (AvgIpc) is 2.99. The molecule has 3 rings (SSSR count). The molecular formula is C16H20FN3O2. The molecule has 2 heterocycles. The minimum absolute atomic E-state index is 0.0166. The molecule has 2 atom stereocenters. The number of nitrogens with zero attached hydrogens (tertiary/aromatic N) is 3. The van der Waals surface area contributed by atoms with Crippen molar-refractivity contribution in [2.24, 2.45) is 0 Å². The molecule has 1 saturated heterocycles. The highest BCUT2D eigenvalue weighted by atomic mass is 19.1. The van der Waals surface area contributed by atoms with E-state index in [1.165, 1.54) is 6.07 Å². The van der Waals surface area contributed by atoms with Gasteiger partial charge in [0.15, 0.2) is 0 Å². The van der Waals surface area contributed by atoms with Crippen molar-refractivity contribution in [3.63, 3.8) is 0 Å². The second-order valence-electron chi connectivity index (χ2n) is 5.77. The standard InChI is InChI=1S/C16H20FN3O2/c1-10-4-5-13(8-14(10)17)15-18-16(22-19-15)12(3)20-6-7-21-11(2)9-20/h4-5,8,11-12H,6-7,9H2,1-3H3/t11-,12-/m0/s1. The van der Waals surface area contributed by atoms with Crippen molar-refractivity contribution < 1.29 is 13.7 Å². The highest BCUT2D eigenvalue weighted by Gasteiger charge is 2.26. The van der Waals surface area contributed by atoms with Gasteiger partial charge in [0.2, 0.25) is 11.7 Å². The molecule has 1 aromatic heterocycles. The van der Waals surface area contributed by atoms with E-state index in [2.05, 4.69) is 15.0 Å². The summed E-state index contributed by atoms with van der Waals surface area (Å²) in [6, 6.07) is 4.97. The first-order valence-corrected chi connectivity index (χ1v) is 7.50. The molecule has 1 aliphatic heterocycles. The molecule has 0 N–H and O–H groups in total. The normalized spacial score (nSPS) is 21.0. The number of aromatic nitrogens is 2. The predicted molar refractivity (Wildman–Crippen MR) is 79.8 cm³/mol. The first-order chi connectivity index (χ1) is 10.5. The van der Waals surface area contributed by atoms with Crippen molar-refractivity contribution >= 4 is 0 Å². The molecule has 0 radical (unpaired) electrons. The van der Waals surface area contributed by atoms with Gasteiger partial charge in [-0.05, 0) is 32.4 Å². The zero-order valence-electron chi connectivity index (χ0n) is 13.0. The van der Waals surface area contributed by atoms with Crippen LogP contribution in [0.3, 0.4) is 0 Å². The first-order valence-electron chi connectivity index (χ1n) is 7.50. The fourth-order valence-electron chi connectivity index (χ4n) is 2.61. The highest BCUT2D eigenvalue weighted by molar-refractivity contribution is 5.54.